The third-order valence-corrected chi connectivity index (χ3v) is 6.24. The molecule has 1 heterocycles. The van der Waals surface area contributed by atoms with Gasteiger partial charge in [0.05, 0.1) is 15.5 Å². The summed E-state index contributed by atoms with van der Waals surface area (Å²) in [4.78, 5) is 26.7. The molecule has 0 atom stereocenters. The average Bonchev–Trinajstić information content (AvgIpc) is 3.10. The third-order valence-electron chi connectivity index (χ3n) is 3.60. The van der Waals surface area contributed by atoms with E-state index in [2.05, 4.69) is 10.3 Å². The highest BCUT2D eigenvalue weighted by molar-refractivity contribution is 7.92. The summed E-state index contributed by atoms with van der Waals surface area (Å²) in [6.45, 7) is 0. The van der Waals surface area contributed by atoms with E-state index in [9.17, 15) is 23.3 Å². The monoisotopic (exact) mass is 437 g/mol. The van der Waals surface area contributed by atoms with Crippen molar-refractivity contribution < 1.29 is 18.1 Å². The Kier molecular flexibility index (Phi) is 5.73. The zero-order chi connectivity index (χ0) is 20.3. The minimum Gasteiger partial charge on any atom is -0.301 e. The van der Waals surface area contributed by atoms with Gasteiger partial charge in [0.2, 0.25) is 5.91 Å². The molecule has 144 valence electrons. The summed E-state index contributed by atoms with van der Waals surface area (Å²) in [6.07, 6.45) is 0. The molecule has 0 aliphatic carbocycles. The maximum Gasteiger partial charge on any atom is 0.270 e. The van der Waals surface area contributed by atoms with Gasteiger partial charge in [-0.25, -0.2) is 13.4 Å². The molecule has 0 aliphatic heterocycles. The second kappa shape index (κ2) is 8.05. The molecule has 3 rings (SSSR count). The topological polar surface area (TPSA) is 119 Å². The Labute approximate surface area is 168 Å². The quantitative estimate of drug-likeness (QED) is 0.462. The van der Waals surface area contributed by atoms with E-state index in [-0.39, 0.29) is 15.7 Å². The van der Waals surface area contributed by atoms with Gasteiger partial charge < -0.3 is 5.32 Å². The molecule has 0 saturated carbocycles. The van der Waals surface area contributed by atoms with Crippen LogP contribution in [0, 0.1) is 10.1 Å². The van der Waals surface area contributed by atoms with Crippen LogP contribution in [0.1, 0.15) is 0 Å². The van der Waals surface area contributed by atoms with Gasteiger partial charge in [-0.05, 0) is 24.3 Å². The third kappa shape index (κ3) is 4.71. The minimum atomic E-state index is -3.83. The van der Waals surface area contributed by atoms with Crippen LogP contribution in [0.4, 0.5) is 10.8 Å². The average molecular weight is 438 g/mol. The second-order valence-corrected chi connectivity index (χ2v) is 8.89. The maximum absolute atomic E-state index is 12.3. The van der Waals surface area contributed by atoms with E-state index in [1.54, 1.807) is 11.4 Å². The van der Waals surface area contributed by atoms with Crippen molar-refractivity contribution in [2.24, 2.45) is 0 Å². The number of nitro benzene ring substituents is 1. The van der Waals surface area contributed by atoms with Crippen molar-refractivity contribution >= 4 is 49.5 Å². The maximum atomic E-state index is 12.3. The van der Waals surface area contributed by atoms with Gasteiger partial charge in [0.25, 0.3) is 5.69 Å². The summed E-state index contributed by atoms with van der Waals surface area (Å²) in [5.41, 5.74) is 0.870. The Morgan fingerprint density at radius 3 is 2.61 bits per heavy atom. The van der Waals surface area contributed by atoms with Gasteiger partial charge in [0.15, 0.2) is 15.0 Å². The highest BCUT2D eigenvalue weighted by Crippen LogP contribution is 2.27. The summed E-state index contributed by atoms with van der Waals surface area (Å²) in [5, 5.41) is 15.5. The Bertz CT molecular complexity index is 1140. The summed E-state index contributed by atoms with van der Waals surface area (Å²) in [6, 6.07) is 11.4. The van der Waals surface area contributed by atoms with Crippen molar-refractivity contribution in [1.82, 2.24) is 4.98 Å². The summed E-state index contributed by atoms with van der Waals surface area (Å²) in [7, 11) is -3.83. The minimum absolute atomic E-state index is 0.0107. The van der Waals surface area contributed by atoms with Gasteiger partial charge in [-0.3, -0.25) is 14.9 Å². The number of nitrogens with one attached hydrogen (secondary N) is 1. The number of amides is 1. The Balaban J connectivity index is 1.71. The van der Waals surface area contributed by atoms with Crippen molar-refractivity contribution in [1.29, 1.82) is 0 Å². The fourth-order valence-corrected chi connectivity index (χ4v) is 4.29. The van der Waals surface area contributed by atoms with Gasteiger partial charge in [-0.1, -0.05) is 23.7 Å². The van der Waals surface area contributed by atoms with Crippen LogP contribution < -0.4 is 5.32 Å². The first kappa shape index (κ1) is 19.9. The molecule has 0 bridgehead atoms. The number of aromatic nitrogens is 1. The van der Waals surface area contributed by atoms with E-state index < -0.39 is 26.4 Å². The Morgan fingerprint density at radius 1 is 1.21 bits per heavy atom. The van der Waals surface area contributed by atoms with Gasteiger partial charge in [0, 0.05) is 28.1 Å². The molecule has 0 aliphatic rings. The first-order valence-corrected chi connectivity index (χ1v) is 10.6. The van der Waals surface area contributed by atoms with Crippen molar-refractivity contribution in [3.8, 4) is 11.3 Å². The zero-order valence-corrected chi connectivity index (χ0v) is 16.4. The summed E-state index contributed by atoms with van der Waals surface area (Å²) >= 11 is 6.82. The van der Waals surface area contributed by atoms with E-state index in [1.807, 2.05) is 0 Å². The van der Waals surface area contributed by atoms with Gasteiger partial charge in [-0.15, -0.1) is 11.3 Å². The molecule has 28 heavy (non-hydrogen) atoms. The van der Waals surface area contributed by atoms with Crippen LogP contribution in [0.15, 0.2) is 58.8 Å². The number of hydrogen-bond acceptors (Lipinski definition) is 7. The molecule has 1 aromatic heterocycles. The number of halogens is 1. The molecule has 0 fully saturated rings. The summed E-state index contributed by atoms with van der Waals surface area (Å²) in [5.74, 6) is -1.49. The molecule has 0 unspecified atom stereocenters. The van der Waals surface area contributed by atoms with Crippen LogP contribution in [0.2, 0.25) is 5.02 Å². The molecule has 1 N–H and O–H groups in total. The van der Waals surface area contributed by atoms with Gasteiger partial charge >= 0.3 is 0 Å². The van der Waals surface area contributed by atoms with Crippen LogP contribution in [0.25, 0.3) is 11.3 Å². The number of non-ortho nitro benzene ring substituents is 1. The lowest BCUT2D eigenvalue weighted by Gasteiger charge is -2.04. The number of carbonyl (C=O) groups is 1. The number of thiazole rings is 1. The largest absolute Gasteiger partial charge is 0.301 e. The highest BCUT2D eigenvalue weighted by atomic mass is 35.5. The lowest BCUT2D eigenvalue weighted by Crippen LogP contribution is -2.22. The number of nitro groups is 1. The van der Waals surface area contributed by atoms with Gasteiger partial charge in [-0.2, -0.15) is 0 Å². The molecular formula is C17H12ClN3O5S2. The normalized spacial score (nSPS) is 11.2. The van der Waals surface area contributed by atoms with E-state index in [4.69, 9.17) is 11.6 Å². The fraction of sp³-hybridized carbons (Fsp3) is 0.0588. The zero-order valence-electron chi connectivity index (χ0n) is 14.0. The highest BCUT2D eigenvalue weighted by Gasteiger charge is 2.20. The van der Waals surface area contributed by atoms with Crippen LogP contribution >= 0.6 is 22.9 Å². The number of benzene rings is 2. The smallest absolute Gasteiger partial charge is 0.270 e. The van der Waals surface area contributed by atoms with Crippen molar-refractivity contribution in [3.05, 3.63) is 69.0 Å². The SMILES string of the molecule is O=C(CS(=O)(=O)c1ccc(Cl)cc1)Nc1nc(-c2cccc([N+](=O)[O-])c2)cs1. The summed E-state index contributed by atoms with van der Waals surface area (Å²) < 4.78 is 24.6. The number of hydrogen-bond donors (Lipinski definition) is 1. The van der Waals surface area contributed by atoms with Crippen LogP contribution in [-0.2, 0) is 14.6 Å². The van der Waals surface area contributed by atoms with Crippen LogP contribution in [0.5, 0.6) is 0 Å². The second-order valence-electron chi connectivity index (χ2n) is 5.61. The molecule has 2 aromatic carbocycles. The van der Waals surface area contributed by atoms with E-state index in [0.29, 0.717) is 16.3 Å². The molecule has 0 saturated heterocycles. The molecule has 11 heteroatoms. The van der Waals surface area contributed by atoms with Gasteiger partial charge in [0.1, 0.15) is 5.75 Å². The number of nitrogens with zero attached hydrogens (tertiary/aromatic N) is 2. The lowest BCUT2D eigenvalue weighted by molar-refractivity contribution is -0.384. The number of carbonyl (C=O) groups excluding carboxylic acids is 1. The van der Waals surface area contributed by atoms with Crippen molar-refractivity contribution in [3.63, 3.8) is 0 Å². The standard InChI is InChI=1S/C17H12ClN3O5S2/c18-12-4-6-14(7-5-12)28(25,26)10-16(22)20-17-19-15(9-27-17)11-2-1-3-13(8-11)21(23)24/h1-9H,10H2,(H,19,20,22). The van der Waals surface area contributed by atoms with Crippen molar-refractivity contribution in [2.75, 3.05) is 11.1 Å². The molecule has 3 aromatic rings. The first-order chi connectivity index (χ1) is 13.2. The fourth-order valence-electron chi connectivity index (χ4n) is 2.30. The Morgan fingerprint density at radius 2 is 1.93 bits per heavy atom. The van der Waals surface area contributed by atoms with Crippen LogP contribution in [-0.4, -0.2) is 30.0 Å². The number of anilines is 1. The molecule has 1 amide bonds. The Hall–Kier alpha value is -2.82. The van der Waals surface area contributed by atoms with Crippen LogP contribution in [0.3, 0.4) is 0 Å². The predicted octanol–water partition coefficient (Wildman–Crippen LogP) is 3.78. The van der Waals surface area contributed by atoms with E-state index in [1.165, 1.54) is 42.5 Å². The molecule has 8 nitrogen and oxygen atoms in total. The van der Waals surface area contributed by atoms with E-state index in [0.717, 1.165) is 11.3 Å². The molecule has 0 spiro atoms. The first-order valence-electron chi connectivity index (χ1n) is 7.73. The van der Waals surface area contributed by atoms with Crippen molar-refractivity contribution in [2.45, 2.75) is 4.90 Å². The lowest BCUT2D eigenvalue weighted by atomic mass is 10.1. The number of rotatable bonds is 6. The number of sulfone groups is 1. The molecular weight excluding hydrogens is 426 g/mol. The predicted molar refractivity (Wildman–Crippen MR) is 106 cm³/mol. The van der Waals surface area contributed by atoms with E-state index >= 15 is 0 Å². The molecule has 0 radical (unpaired) electrons.